The standard InChI is InChI=1S/2C24H29N3.2C5H10.ClH.2Fe.HI/c2*1-2-8-21(7-1)9-4-6-16-26-17-11-22(12-18-26)23-13-19-27(20-14-23)24-10-3-5-15-25-24;2*1-2-4-5-3-1;;;;/h2*3,5,10-15,17-21H,1-2,4,6-9,16H2;2*1-5H2;1H;;;1H/q2*+2;;;;;;/p-2. The van der Waals surface area contributed by atoms with Crippen molar-refractivity contribution >= 4 is 0 Å². The summed E-state index contributed by atoms with van der Waals surface area (Å²) >= 11 is 0. The quantitative estimate of drug-likeness (QED) is 0.0500. The van der Waals surface area contributed by atoms with Crippen LogP contribution in [0, 0.1) is 11.8 Å². The molecule has 0 aromatic carbocycles. The van der Waals surface area contributed by atoms with E-state index in [0.717, 1.165) is 36.6 Å². The Hall–Kier alpha value is -3.04. The molecule has 6 aromatic rings. The molecule has 0 amide bonds. The van der Waals surface area contributed by atoms with Gasteiger partial charge in [-0.2, -0.15) is 0 Å². The van der Waals surface area contributed by atoms with Gasteiger partial charge in [0.1, 0.15) is 25.5 Å². The van der Waals surface area contributed by atoms with Crippen molar-refractivity contribution in [1.82, 2.24) is 9.97 Å². The monoisotopic (exact) mass is 1130 g/mol. The molecule has 6 aromatic heterocycles. The Kier molecular flexibility index (Phi) is 30.6. The number of pyridine rings is 6. The van der Waals surface area contributed by atoms with Crippen LogP contribution in [0.2, 0.25) is 0 Å². The van der Waals surface area contributed by atoms with Crippen molar-refractivity contribution in [3.8, 4) is 33.9 Å². The second kappa shape index (κ2) is 35.1. The molecular formula is C58H78ClFe2IN6+2. The number of aryl methyl sites for hydroxylation is 2. The summed E-state index contributed by atoms with van der Waals surface area (Å²) in [7, 11) is 0. The molecule has 0 atom stereocenters. The van der Waals surface area contributed by atoms with Gasteiger partial charge in [0.2, 0.25) is 0 Å². The Balaban J connectivity index is 0.000000284. The van der Waals surface area contributed by atoms with Crippen molar-refractivity contribution in [2.45, 2.75) is 167 Å². The van der Waals surface area contributed by atoms with Gasteiger partial charge in [0.05, 0.1) is 24.8 Å². The summed E-state index contributed by atoms with van der Waals surface area (Å²) in [5.41, 5.74) is 4.97. The number of rotatable bonds is 14. The van der Waals surface area contributed by atoms with Crippen molar-refractivity contribution < 1.29 is 88.8 Å². The maximum absolute atomic E-state index is 4.38. The second-order valence-corrected chi connectivity index (χ2v) is 18.8. The summed E-state index contributed by atoms with van der Waals surface area (Å²) in [6, 6.07) is 29.4. The minimum absolute atomic E-state index is 0. The van der Waals surface area contributed by atoms with Crippen molar-refractivity contribution in [2.24, 2.45) is 11.8 Å². The molecule has 6 nitrogen and oxygen atoms in total. The number of aromatic nitrogens is 6. The smallest absolute Gasteiger partial charge is 0.327 e. The summed E-state index contributed by atoms with van der Waals surface area (Å²) in [5, 5.41) is 0. The molecule has 368 valence electrons. The minimum atomic E-state index is 0. The fourth-order valence-electron chi connectivity index (χ4n) is 9.97. The number of nitrogens with zero attached hydrogens (tertiary/aromatic N) is 6. The van der Waals surface area contributed by atoms with E-state index in [4.69, 9.17) is 0 Å². The normalized spacial score (nSPS) is 15.1. The minimum Gasteiger partial charge on any atom is -1.00 e. The first-order valence-electron chi connectivity index (χ1n) is 25.6. The van der Waals surface area contributed by atoms with Gasteiger partial charge in [-0.3, -0.25) is 0 Å². The average molecular weight is 1130 g/mol. The third-order valence-electron chi connectivity index (χ3n) is 13.9. The predicted molar refractivity (Wildman–Crippen MR) is 261 cm³/mol. The molecule has 0 bridgehead atoms. The van der Waals surface area contributed by atoms with Crippen molar-refractivity contribution in [3.05, 3.63) is 147 Å². The number of hydrogen-bond acceptors (Lipinski definition) is 2. The molecule has 0 N–H and O–H groups in total. The van der Waals surface area contributed by atoms with Crippen LogP contribution < -0.4 is 54.7 Å². The molecule has 4 aliphatic rings. The Labute approximate surface area is 455 Å². The van der Waals surface area contributed by atoms with Gasteiger partial charge >= 0.3 is 11.6 Å². The zero-order valence-electron chi connectivity index (χ0n) is 40.5. The molecule has 0 radical (unpaired) electrons. The summed E-state index contributed by atoms with van der Waals surface area (Å²) < 4.78 is 8.71. The SMILES string of the molecule is C1CCCC1.C1CCCC1.[Cl-].[Fe].[Fe].[I-].c1ccc(-[n+]2ccc(-c3cc[n+](CCCCC4CCCC4)cc3)cc2)nc1.c1ccc(-[n+]2ccc(-c3cc[n+](CCCCC4CCCC4)cc3)cc2)nc1. The maximum Gasteiger partial charge on any atom is 0.327 e. The molecular weight excluding hydrogens is 1050 g/mol. The van der Waals surface area contributed by atoms with E-state index in [1.807, 2.05) is 57.9 Å². The van der Waals surface area contributed by atoms with Crippen LogP contribution in [-0.4, -0.2) is 9.97 Å². The van der Waals surface area contributed by atoms with Crippen LogP contribution >= 0.6 is 0 Å². The topological polar surface area (TPSA) is 41.3 Å². The van der Waals surface area contributed by atoms with Gasteiger partial charge in [0, 0.05) is 83.4 Å². The van der Waals surface area contributed by atoms with Gasteiger partial charge in [-0.15, -0.1) is 0 Å². The number of halogens is 2. The van der Waals surface area contributed by atoms with Crippen LogP contribution in [0.1, 0.15) is 154 Å². The maximum atomic E-state index is 4.38. The van der Waals surface area contributed by atoms with Gasteiger partial charge in [0.25, 0.3) is 0 Å². The zero-order chi connectivity index (χ0) is 43.7. The Morgan fingerprint density at radius 3 is 0.941 bits per heavy atom. The predicted octanol–water partition coefficient (Wildman–Crippen LogP) is 7.25. The first-order valence-corrected chi connectivity index (χ1v) is 25.6. The third-order valence-corrected chi connectivity index (χ3v) is 13.9. The molecule has 4 saturated carbocycles. The van der Waals surface area contributed by atoms with Gasteiger partial charge in [0.15, 0.2) is 24.8 Å². The Bertz CT molecular complexity index is 1960. The molecule has 6 heterocycles. The summed E-state index contributed by atoms with van der Waals surface area (Å²) in [5.74, 6) is 3.91. The van der Waals surface area contributed by atoms with Gasteiger partial charge in [-0.1, -0.05) is 141 Å². The van der Waals surface area contributed by atoms with Gasteiger partial charge in [-0.25, -0.2) is 18.3 Å². The fraction of sp³-hybridized carbons (Fsp3) is 0.483. The largest absolute Gasteiger partial charge is 1.00 e. The molecule has 10 heteroatoms. The first-order chi connectivity index (χ1) is 31.8. The van der Waals surface area contributed by atoms with Crippen LogP contribution in [0.15, 0.2) is 147 Å². The van der Waals surface area contributed by atoms with E-state index in [0.29, 0.717) is 0 Å². The van der Waals surface area contributed by atoms with Gasteiger partial charge < -0.3 is 36.4 Å². The average Bonchev–Trinajstić information content (AvgIpc) is 4.25. The van der Waals surface area contributed by atoms with Crippen LogP contribution in [-0.2, 0) is 47.2 Å². The fourth-order valence-corrected chi connectivity index (χ4v) is 9.97. The van der Waals surface area contributed by atoms with E-state index in [2.05, 4.69) is 117 Å². The second-order valence-electron chi connectivity index (χ2n) is 18.8. The molecule has 10 rings (SSSR count). The molecule has 4 fully saturated rings. The van der Waals surface area contributed by atoms with Crippen LogP contribution in [0.25, 0.3) is 33.9 Å². The van der Waals surface area contributed by atoms with Crippen molar-refractivity contribution in [2.75, 3.05) is 0 Å². The van der Waals surface area contributed by atoms with Crippen LogP contribution in [0.4, 0.5) is 0 Å². The van der Waals surface area contributed by atoms with Crippen molar-refractivity contribution in [1.29, 1.82) is 0 Å². The zero-order valence-corrected chi connectivity index (χ0v) is 45.7. The first kappa shape index (κ1) is 59.3. The van der Waals surface area contributed by atoms with E-state index in [1.165, 1.54) is 176 Å². The Morgan fingerprint density at radius 1 is 0.368 bits per heavy atom. The summed E-state index contributed by atoms with van der Waals surface area (Å²) in [6.45, 7) is 2.25. The van der Waals surface area contributed by atoms with E-state index < -0.39 is 0 Å². The van der Waals surface area contributed by atoms with Crippen LogP contribution in [0.5, 0.6) is 0 Å². The summed E-state index contributed by atoms with van der Waals surface area (Å²) in [4.78, 5) is 8.77. The van der Waals surface area contributed by atoms with E-state index >= 15 is 0 Å². The molecule has 0 saturated heterocycles. The van der Waals surface area contributed by atoms with Gasteiger partial charge in [-0.05, 0) is 93.3 Å². The Morgan fingerprint density at radius 2 is 0.662 bits per heavy atom. The molecule has 0 unspecified atom stereocenters. The molecule has 4 aliphatic carbocycles. The van der Waals surface area contributed by atoms with Crippen LogP contribution in [0.3, 0.4) is 0 Å². The number of hydrogen-bond donors (Lipinski definition) is 0. The van der Waals surface area contributed by atoms with E-state index in [-0.39, 0.29) is 70.5 Å². The van der Waals surface area contributed by atoms with E-state index in [9.17, 15) is 0 Å². The molecule has 0 spiro atoms. The molecule has 68 heavy (non-hydrogen) atoms. The van der Waals surface area contributed by atoms with E-state index in [1.54, 1.807) is 0 Å². The number of unbranched alkanes of at least 4 members (excludes halogenated alkanes) is 2. The third kappa shape index (κ3) is 21.1. The molecule has 0 aliphatic heterocycles. The van der Waals surface area contributed by atoms with Crippen molar-refractivity contribution in [3.63, 3.8) is 0 Å². The summed E-state index contributed by atoms with van der Waals surface area (Å²) in [6.07, 6.45) is 55.7.